The molecule has 10 heteroatoms. The summed E-state index contributed by atoms with van der Waals surface area (Å²) in [6, 6.07) is 5.68. The highest BCUT2D eigenvalue weighted by Crippen LogP contribution is 2.26. The quantitative estimate of drug-likeness (QED) is 0.618. The zero-order valence-electron chi connectivity index (χ0n) is 12.8. The zero-order valence-corrected chi connectivity index (χ0v) is 12.8. The van der Waals surface area contributed by atoms with Gasteiger partial charge in [0.2, 0.25) is 0 Å². The molecule has 0 atom stereocenters. The number of hydrogen-bond acceptors (Lipinski definition) is 3. The lowest BCUT2D eigenvalue weighted by Gasteiger charge is -2.15. The maximum absolute atomic E-state index is 12.1. The molecule has 0 saturated carbocycles. The predicted molar refractivity (Wildman–Crippen MR) is 74.3 cm³/mol. The van der Waals surface area contributed by atoms with Crippen LogP contribution in [0, 0.1) is 0 Å². The average molecular weight is 358 g/mol. The first-order chi connectivity index (χ1) is 11.0. The smallest absolute Gasteiger partial charge is 0.323 e. The second kappa shape index (κ2) is 8.67. The van der Waals surface area contributed by atoms with Crippen molar-refractivity contribution < 1.29 is 35.9 Å². The van der Waals surface area contributed by atoms with E-state index in [4.69, 9.17) is 0 Å². The fraction of sp³-hybridized carbons (Fsp3) is 0.429. The van der Waals surface area contributed by atoms with Gasteiger partial charge in [0.05, 0.1) is 17.7 Å². The van der Waals surface area contributed by atoms with Gasteiger partial charge >= 0.3 is 12.4 Å². The Bertz CT molecular complexity index is 534. The van der Waals surface area contributed by atoms with E-state index < -0.39 is 37.3 Å². The van der Waals surface area contributed by atoms with Crippen molar-refractivity contribution >= 4 is 11.8 Å². The molecule has 1 aromatic rings. The molecule has 0 spiro atoms. The molecule has 1 heterocycles. The van der Waals surface area contributed by atoms with Gasteiger partial charge in [-0.2, -0.15) is 26.3 Å². The fourth-order valence-corrected chi connectivity index (χ4v) is 1.56. The normalized spacial score (nSPS) is 13.6. The van der Waals surface area contributed by atoms with E-state index >= 15 is 0 Å². The average Bonchev–Trinajstić information content (AvgIpc) is 2.73. The number of carbonyl (C=O) groups is 2. The standard InChI is InChI=1S/C10H6F3NO2.C2H4F3N.C2H6/c11-10(12,13)5-14-8(15)6-3-1-2-4-7(6)9(14)16;3-2(4,5)1-6;1-2/h1-4H,5H2;1,6H2;1-2H3. The molecule has 2 N–H and O–H groups in total. The third-order valence-electron chi connectivity index (χ3n) is 2.45. The van der Waals surface area contributed by atoms with Crippen molar-refractivity contribution in [3.63, 3.8) is 0 Å². The molecule has 0 bridgehead atoms. The number of nitrogens with zero attached hydrogens (tertiary/aromatic N) is 1. The molecule has 24 heavy (non-hydrogen) atoms. The maximum atomic E-state index is 12.1. The van der Waals surface area contributed by atoms with Crippen molar-refractivity contribution in [1.29, 1.82) is 0 Å². The first kappa shape index (κ1) is 21.9. The van der Waals surface area contributed by atoms with Crippen LogP contribution in [0.2, 0.25) is 0 Å². The summed E-state index contributed by atoms with van der Waals surface area (Å²) < 4.78 is 68.4. The van der Waals surface area contributed by atoms with Gasteiger partial charge in [0.1, 0.15) is 6.54 Å². The zero-order chi connectivity index (χ0) is 19.1. The van der Waals surface area contributed by atoms with Gasteiger partial charge in [-0.05, 0) is 12.1 Å². The van der Waals surface area contributed by atoms with Crippen LogP contribution in [-0.2, 0) is 0 Å². The van der Waals surface area contributed by atoms with Crippen molar-refractivity contribution in [2.24, 2.45) is 5.73 Å². The van der Waals surface area contributed by atoms with Crippen molar-refractivity contribution in [2.45, 2.75) is 26.2 Å². The number of imide groups is 1. The summed E-state index contributed by atoms with van der Waals surface area (Å²) in [5.41, 5.74) is 4.23. The molecule has 4 nitrogen and oxygen atoms in total. The summed E-state index contributed by atoms with van der Waals surface area (Å²) in [5, 5.41) is 0. The summed E-state index contributed by atoms with van der Waals surface area (Å²) in [4.78, 5) is 23.2. The maximum Gasteiger partial charge on any atom is 0.406 e. The first-order valence-electron chi connectivity index (χ1n) is 6.75. The second-order valence-electron chi connectivity index (χ2n) is 4.18. The van der Waals surface area contributed by atoms with Gasteiger partial charge < -0.3 is 5.73 Å². The minimum absolute atomic E-state index is 0.0248. The van der Waals surface area contributed by atoms with Crippen molar-refractivity contribution in [2.75, 3.05) is 13.1 Å². The van der Waals surface area contributed by atoms with Gasteiger partial charge in [-0.25, -0.2) is 0 Å². The highest BCUT2D eigenvalue weighted by molar-refractivity contribution is 6.21. The Balaban J connectivity index is 0.000000563. The molecule has 2 rings (SSSR count). The minimum Gasteiger partial charge on any atom is -0.323 e. The van der Waals surface area contributed by atoms with Crippen molar-refractivity contribution in [3.8, 4) is 0 Å². The Hall–Kier alpha value is -2.10. The van der Waals surface area contributed by atoms with Crippen LogP contribution in [0.4, 0.5) is 26.3 Å². The van der Waals surface area contributed by atoms with E-state index in [1.54, 1.807) is 0 Å². The van der Waals surface area contributed by atoms with Crippen LogP contribution in [0.3, 0.4) is 0 Å². The van der Waals surface area contributed by atoms with Gasteiger partial charge in [-0.1, -0.05) is 26.0 Å². The Morgan fingerprint density at radius 2 is 1.21 bits per heavy atom. The highest BCUT2D eigenvalue weighted by Gasteiger charge is 2.42. The van der Waals surface area contributed by atoms with Gasteiger partial charge in [-0.15, -0.1) is 0 Å². The molecular formula is C14H16F6N2O2. The molecule has 0 aliphatic carbocycles. The molecule has 0 radical (unpaired) electrons. The molecule has 2 amide bonds. The molecule has 1 aliphatic rings. The summed E-state index contributed by atoms with van der Waals surface area (Å²) in [7, 11) is 0. The van der Waals surface area contributed by atoms with E-state index in [9.17, 15) is 35.9 Å². The van der Waals surface area contributed by atoms with Crippen LogP contribution >= 0.6 is 0 Å². The topological polar surface area (TPSA) is 63.4 Å². The summed E-state index contributed by atoms with van der Waals surface area (Å²) >= 11 is 0. The number of hydrogen-bond donors (Lipinski definition) is 1. The molecule has 0 saturated heterocycles. The first-order valence-corrected chi connectivity index (χ1v) is 6.75. The molecule has 0 unspecified atom stereocenters. The second-order valence-corrected chi connectivity index (χ2v) is 4.18. The monoisotopic (exact) mass is 358 g/mol. The lowest BCUT2D eigenvalue weighted by Crippen LogP contribution is -2.38. The van der Waals surface area contributed by atoms with Gasteiger partial charge in [0.15, 0.2) is 0 Å². The largest absolute Gasteiger partial charge is 0.406 e. The lowest BCUT2D eigenvalue weighted by atomic mass is 10.1. The molecule has 0 fully saturated rings. The van der Waals surface area contributed by atoms with E-state index in [1.165, 1.54) is 24.3 Å². The van der Waals surface area contributed by atoms with Crippen LogP contribution in [0.15, 0.2) is 24.3 Å². The van der Waals surface area contributed by atoms with E-state index in [1.807, 2.05) is 13.8 Å². The molecule has 0 aromatic heterocycles. The third-order valence-corrected chi connectivity index (χ3v) is 2.45. The molecule has 1 aliphatic heterocycles. The van der Waals surface area contributed by atoms with Gasteiger partial charge in [-0.3, -0.25) is 14.5 Å². The van der Waals surface area contributed by atoms with Gasteiger partial charge in [0, 0.05) is 0 Å². The fourth-order valence-electron chi connectivity index (χ4n) is 1.56. The number of halogens is 6. The Kier molecular flexibility index (Phi) is 7.91. The number of rotatable bonds is 1. The van der Waals surface area contributed by atoms with Crippen LogP contribution in [0.1, 0.15) is 34.6 Å². The number of amides is 2. The summed E-state index contributed by atoms with van der Waals surface area (Å²) in [6.45, 7) is 1.23. The molecule has 136 valence electrons. The number of carbonyl (C=O) groups excluding carboxylic acids is 2. The number of alkyl halides is 6. The minimum atomic E-state index is -4.58. The van der Waals surface area contributed by atoms with Crippen LogP contribution < -0.4 is 5.73 Å². The van der Waals surface area contributed by atoms with Crippen LogP contribution in [-0.4, -0.2) is 42.2 Å². The Morgan fingerprint density at radius 1 is 0.875 bits per heavy atom. The van der Waals surface area contributed by atoms with Crippen LogP contribution in [0.5, 0.6) is 0 Å². The summed E-state index contributed by atoms with van der Waals surface area (Å²) in [5.74, 6) is -1.78. The third kappa shape index (κ3) is 6.57. The Labute approximate surface area is 134 Å². The van der Waals surface area contributed by atoms with E-state index in [0.29, 0.717) is 0 Å². The summed E-state index contributed by atoms with van der Waals surface area (Å²) in [6.07, 6.45) is -8.76. The highest BCUT2D eigenvalue weighted by atomic mass is 19.4. The Morgan fingerprint density at radius 3 is 1.46 bits per heavy atom. The number of nitrogens with two attached hydrogens (primary N) is 1. The molecule has 1 aromatic carbocycles. The van der Waals surface area contributed by atoms with E-state index in [-0.39, 0.29) is 16.0 Å². The molecular weight excluding hydrogens is 342 g/mol. The van der Waals surface area contributed by atoms with E-state index in [2.05, 4.69) is 5.73 Å². The van der Waals surface area contributed by atoms with Crippen LogP contribution in [0.25, 0.3) is 0 Å². The van der Waals surface area contributed by atoms with Crippen molar-refractivity contribution in [3.05, 3.63) is 35.4 Å². The lowest BCUT2D eigenvalue weighted by molar-refractivity contribution is -0.136. The van der Waals surface area contributed by atoms with E-state index in [0.717, 1.165) is 0 Å². The number of benzene rings is 1. The van der Waals surface area contributed by atoms with Gasteiger partial charge in [0.25, 0.3) is 11.8 Å². The predicted octanol–water partition coefficient (Wildman–Crippen LogP) is 3.38. The number of fused-ring (bicyclic) bond motifs is 1. The SMILES string of the molecule is CC.NCC(F)(F)F.O=C1c2ccccc2C(=O)N1CC(F)(F)F. The van der Waals surface area contributed by atoms with Crippen molar-refractivity contribution in [1.82, 2.24) is 4.90 Å².